The summed E-state index contributed by atoms with van der Waals surface area (Å²) in [6.45, 7) is 5.01. The molecular formula is C29H28IN3O3. The van der Waals surface area contributed by atoms with E-state index in [1.54, 1.807) is 6.21 Å². The maximum Gasteiger partial charge on any atom is 0.259 e. The van der Waals surface area contributed by atoms with Gasteiger partial charge in [-0.05, 0) is 82.6 Å². The zero-order valence-corrected chi connectivity index (χ0v) is 22.4. The Bertz CT molecular complexity index is 1370. The lowest BCUT2D eigenvalue weighted by Crippen LogP contribution is -2.25. The van der Waals surface area contributed by atoms with Gasteiger partial charge in [-0.2, -0.15) is 5.10 Å². The molecule has 0 unspecified atom stereocenters. The monoisotopic (exact) mass is 593 g/mol. The van der Waals surface area contributed by atoms with Crippen molar-refractivity contribution >= 4 is 51.2 Å². The first-order valence-corrected chi connectivity index (χ1v) is 12.8. The predicted octanol–water partition coefficient (Wildman–Crippen LogP) is 6.29. The quantitative estimate of drug-likeness (QED) is 0.129. The lowest BCUT2D eigenvalue weighted by Gasteiger charge is -2.15. The van der Waals surface area contributed by atoms with Crippen LogP contribution in [-0.2, 0) is 11.4 Å². The second kappa shape index (κ2) is 12.4. The van der Waals surface area contributed by atoms with Gasteiger partial charge in [-0.25, -0.2) is 5.43 Å². The van der Waals surface area contributed by atoms with Gasteiger partial charge in [-0.3, -0.25) is 4.79 Å². The molecule has 184 valence electrons. The number of benzene rings is 4. The third-order valence-electron chi connectivity index (χ3n) is 5.49. The van der Waals surface area contributed by atoms with Crippen LogP contribution in [0.3, 0.4) is 0 Å². The Hall–Kier alpha value is -3.59. The molecule has 0 fully saturated rings. The molecule has 1 amide bonds. The third kappa shape index (κ3) is 6.75. The van der Waals surface area contributed by atoms with Crippen LogP contribution in [0, 0.1) is 10.5 Å². The topological polar surface area (TPSA) is 72.0 Å². The van der Waals surface area contributed by atoms with E-state index >= 15 is 0 Å². The highest BCUT2D eigenvalue weighted by molar-refractivity contribution is 14.1. The first-order valence-electron chi connectivity index (χ1n) is 11.7. The molecule has 2 N–H and O–H groups in total. The van der Waals surface area contributed by atoms with E-state index in [0.29, 0.717) is 24.7 Å². The summed E-state index contributed by atoms with van der Waals surface area (Å²) in [6, 6.07) is 26.2. The number of hydrogen-bond acceptors (Lipinski definition) is 5. The Morgan fingerprint density at radius 2 is 1.78 bits per heavy atom. The number of hydrogen-bond donors (Lipinski definition) is 2. The van der Waals surface area contributed by atoms with E-state index < -0.39 is 0 Å². The average molecular weight is 593 g/mol. The number of aryl methyl sites for hydroxylation is 1. The normalized spacial score (nSPS) is 11.0. The van der Waals surface area contributed by atoms with Crippen molar-refractivity contribution in [2.45, 2.75) is 20.5 Å². The van der Waals surface area contributed by atoms with Crippen LogP contribution in [0.15, 0.2) is 84.0 Å². The van der Waals surface area contributed by atoms with Crippen LogP contribution in [0.4, 0.5) is 5.69 Å². The molecule has 0 saturated carbocycles. The number of ether oxygens (including phenoxy) is 2. The zero-order chi connectivity index (χ0) is 25.3. The van der Waals surface area contributed by atoms with Crippen LogP contribution in [0.2, 0.25) is 0 Å². The van der Waals surface area contributed by atoms with E-state index in [2.05, 4.69) is 62.7 Å². The summed E-state index contributed by atoms with van der Waals surface area (Å²) >= 11 is 2.24. The molecule has 0 radical (unpaired) electrons. The number of hydrazone groups is 1. The fourth-order valence-corrected chi connectivity index (χ4v) is 4.49. The maximum atomic E-state index is 12.1. The first kappa shape index (κ1) is 25.5. The van der Waals surface area contributed by atoms with Crippen molar-refractivity contribution in [1.29, 1.82) is 0 Å². The fraction of sp³-hybridized carbons (Fsp3) is 0.172. The van der Waals surface area contributed by atoms with Crippen molar-refractivity contribution in [1.82, 2.24) is 5.43 Å². The van der Waals surface area contributed by atoms with Gasteiger partial charge >= 0.3 is 0 Å². The summed E-state index contributed by atoms with van der Waals surface area (Å²) in [5.74, 6) is 1.09. The molecule has 4 aromatic rings. The van der Waals surface area contributed by atoms with Crippen molar-refractivity contribution in [2.24, 2.45) is 5.10 Å². The molecule has 0 aliphatic heterocycles. The molecule has 0 spiro atoms. The number of fused-ring (bicyclic) bond motifs is 1. The van der Waals surface area contributed by atoms with Crippen molar-refractivity contribution < 1.29 is 14.3 Å². The highest BCUT2D eigenvalue weighted by atomic mass is 127. The minimum Gasteiger partial charge on any atom is -0.490 e. The summed E-state index contributed by atoms with van der Waals surface area (Å²) in [4.78, 5) is 12.1. The molecule has 0 saturated heterocycles. The van der Waals surface area contributed by atoms with Crippen LogP contribution in [0.1, 0.15) is 23.6 Å². The summed E-state index contributed by atoms with van der Waals surface area (Å²) in [5, 5.41) is 9.53. The molecule has 0 aliphatic rings. The molecule has 36 heavy (non-hydrogen) atoms. The van der Waals surface area contributed by atoms with Crippen molar-refractivity contribution in [2.75, 3.05) is 18.5 Å². The first-order chi connectivity index (χ1) is 17.5. The molecule has 0 heterocycles. The Morgan fingerprint density at radius 1 is 1.00 bits per heavy atom. The zero-order valence-electron chi connectivity index (χ0n) is 20.3. The standard InChI is InChI=1S/C29H28IN3O3/c1-3-35-27-16-21(17-32-33-28(34)18-31-24-13-11-20(2)12-14-24)15-26(30)29(27)36-19-23-9-6-8-22-7-4-5-10-25(22)23/h4-17,31H,3,18-19H2,1-2H3,(H,33,34)/b32-17-. The van der Waals surface area contributed by atoms with Gasteiger partial charge in [0, 0.05) is 5.69 Å². The number of carbonyl (C=O) groups excluding carboxylic acids is 1. The maximum absolute atomic E-state index is 12.1. The molecule has 0 atom stereocenters. The second-order valence-corrected chi connectivity index (χ2v) is 9.36. The summed E-state index contributed by atoms with van der Waals surface area (Å²) in [6.07, 6.45) is 1.60. The van der Waals surface area contributed by atoms with Crippen LogP contribution >= 0.6 is 22.6 Å². The minimum atomic E-state index is -0.235. The van der Waals surface area contributed by atoms with Crippen LogP contribution in [0.25, 0.3) is 10.8 Å². The van der Waals surface area contributed by atoms with Gasteiger partial charge in [0.1, 0.15) is 6.61 Å². The smallest absolute Gasteiger partial charge is 0.259 e. The highest BCUT2D eigenvalue weighted by Crippen LogP contribution is 2.35. The lowest BCUT2D eigenvalue weighted by molar-refractivity contribution is -0.119. The molecular weight excluding hydrogens is 565 g/mol. The number of anilines is 1. The van der Waals surface area contributed by atoms with Gasteiger partial charge < -0.3 is 14.8 Å². The largest absolute Gasteiger partial charge is 0.490 e. The Kier molecular flexibility index (Phi) is 8.78. The van der Waals surface area contributed by atoms with Gasteiger partial charge in [-0.15, -0.1) is 0 Å². The molecule has 6 nitrogen and oxygen atoms in total. The number of halogens is 1. The van der Waals surface area contributed by atoms with Crippen molar-refractivity contribution in [3.8, 4) is 11.5 Å². The van der Waals surface area contributed by atoms with Crippen LogP contribution < -0.4 is 20.2 Å². The number of rotatable bonds is 10. The number of amides is 1. The molecule has 0 aromatic heterocycles. The Balaban J connectivity index is 1.40. The highest BCUT2D eigenvalue weighted by Gasteiger charge is 2.13. The molecule has 4 aromatic carbocycles. The fourth-order valence-electron chi connectivity index (χ4n) is 3.71. The average Bonchev–Trinajstić information content (AvgIpc) is 2.88. The van der Waals surface area contributed by atoms with Crippen molar-refractivity contribution in [3.05, 3.63) is 99.1 Å². The molecule has 4 rings (SSSR count). The van der Waals surface area contributed by atoms with Gasteiger partial charge in [0.25, 0.3) is 5.91 Å². The third-order valence-corrected chi connectivity index (χ3v) is 6.29. The van der Waals surface area contributed by atoms with E-state index in [1.165, 1.54) is 16.3 Å². The number of nitrogens with zero attached hydrogens (tertiary/aromatic N) is 1. The van der Waals surface area contributed by atoms with E-state index in [4.69, 9.17) is 9.47 Å². The second-order valence-electron chi connectivity index (χ2n) is 8.20. The van der Waals surface area contributed by atoms with Crippen LogP contribution in [0.5, 0.6) is 11.5 Å². The van der Waals surface area contributed by atoms with E-state index in [0.717, 1.165) is 20.4 Å². The van der Waals surface area contributed by atoms with Gasteiger partial charge in [0.05, 0.1) is 22.9 Å². The van der Waals surface area contributed by atoms with E-state index in [-0.39, 0.29) is 12.5 Å². The Morgan fingerprint density at radius 3 is 2.58 bits per heavy atom. The summed E-state index contributed by atoms with van der Waals surface area (Å²) < 4.78 is 13.0. The predicted molar refractivity (Wildman–Crippen MR) is 154 cm³/mol. The molecule has 0 aliphatic carbocycles. The van der Waals surface area contributed by atoms with E-state index in [1.807, 2.05) is 68.4 Å². The summed E-state index contributed by atoms with van der Waals surface area (Å²) in [5.41, 5.74) is 6.52. The lowest BCUT2D eigenvalue weighted by atomic mass is 10.1. The molecule has 0 bridgehead atoms. The van der Waals surface area contributed by atoms with Crippen LogP contribution in [-0.4, -0.2) is 25.3 Å². The SMILES string of the molecule is CCOc1cc(/C=N\NC(=O)CNc2ccc(C)cc2)cc(I)c1OCc1cccc2ccccc12. The van der Waals surface area contributed by atoms with E-state index in [9.17, 15) is 4.79 Å². The van der Waals surface area contributed by atoms with Crippen molar-refractivity contribution in [3.63, 3.8) is 0 Å². The van der Waals surface area contributed by atoms with Gasteiger partial charge in [-0.1, -0.05) is 60.2 Å². The van der Waals surface area contributed by atoms with Gasteiger partial charge in [0.2, 0.25) is 0 Å². The molecule has 7 heteroatoms. The number of nitrogens with one attached hydrogen (secondary N) is 2. The summed E-state index contributed by atoms with van der Waals surface area (Å²) in [7, 11) is 0. The number of carbonyl (C=O) groups is 1. The minimum absolute atomic E-state index is 0.128. The van der Waals surface area contributed by atoms with Gasteiger partial charge in [0.15, 0.2) is 11.5 Å². The Labute approximate surface area is 224 Å².